The number of aromatic carboxylic acids is 1. The Bertz CT molecular complexity index is 954. The van der Waals surface area contributed by atoms with Crippen molar-refractivity contribution >= 4 is 22.0 Å². The minimum atomic E-state index is -4.16. The maximum atomic E-state index is 12.9. The lowest BCUT2D eigenvalue weighted by Gasteiger charge is -2.18. The molecule has 8 heteroatoms. The molecule has 1 atom stereocenters. The first-order chi connectivity index (χ1) is 12.7. The van der Waals surface area contributed by atoms with Crippen LogP contribution in [0, 0.1) is 13.8 Å². The van der Waals surface area contributed by atoms with E-state index < -0.39 is 28.0 Å². The number of esters is 1. The summed E-state index contributed by atoms with van der Waals surface area (Å²) in [7, 11) is -2.98. The van der Waals surface area contributed by atoms with Crippen LogP contribution in [0.3, 0.4) is 0 Å². The third kappa shape index (κ3) is 4.93. The standard InChI is InChI=1S/C19H21NO6S/c1-12-9-15(18(21)22)11-17(13(12)2)27(24,25)20-16(19(23)26-3)10-14-7-5-4-6-8-14/h4-9,11,16,20H,10H2,1-3H3,(H,21,22)/t16-/m0/s1. The minimum Gasteiger partial charge on any atom is -0.478 e. The Balaban J connectivity index is 2.42. The highest BCUT2D eigenvalue weighted by Crippen LogP contribution is 2.22. The fourth-order valence-electron chi connectivity index (χ4n) is 2.65. The van der Waals surface area contributed by atoms with Gasteiger partial charge in [0.15, 0.2) is 0 Å². The molecule has 2 rings (SSSR count). The molecule has 2 aromatic rings. The second-order valence-corrected chi connectivity index (χ2v) is 7.79. The van der Waals surface area contributed by atoms with Gasteiger partial charge in [-0.15, -0.1) is 0 Å². The van der Waals surface area contributed by atoms with Gasteiger partial charge in [-0.3, -0.25) is 4.79 Å². The van der Waals surface area contributed by atoms with E-state index in [4.69, 9.17) is 4.74 Å². The number of sulfonamides is 1. The number of methoxy groups -OCH3 is 1. The molecule has 7 nitrogen and oxygen atoms in total. The van der Waals surface area contributed by atoms with Crippen molar-refractivity contribution in [1.82, 2.24) is 4.72 Å². The first-order valence-corrected chi connectivity index (χ1v) is 9.62. The molecule has 0 aromatic heterocycles. The Morgan fingerprint density at radius 1 is 1.15 bits per heavy atom. The molecule has 2 aromatic carbocycles. The molecule has 0 fully saturated rings. The molecule has 144 valence electrons. The van der Waals surface area contributed by atoms with Gasteiger partial charge in [-0.2, -0.15) is 4.72 Å². The van der Waals surface area contributed by atoms with Crippen molar-refractivity contribution in [3.8, 4) is 0 Å². The highest BCUT2D eigenvalue weighted by atomic mass is 32.2. The summed E-state index contributed by atoms with van der Waals surface area (Å²) in [6, 6.07) is 10.3. The first kappa shape index (κ1) is 20.6. The van der Waals surface area contributed by atoms with Gasteiger partial charge in [0.1, 0.15) is 6.04 Å². The van der Waals surface area contributed by atoms with Crippen LogP contribution in [0.25, 0.3) is 0 Å². The molecule has 2 N–H and O–H groups in total. The number of nitrogens with one attached hydrogen (secondary N) is 1. The molecule has 0 saturated heterocycles. The average molecular weight is 391 g/mol. The number of hydrogen-bond acceptors (Lipinski definition) is 5. The largest absolute Gasteiger partial charge is 0.478 e. The SMILES string of the molecule is COC(=O)[C@H](Cc1ccccc1)NS(=O)(=O)c1cc(C(=O)O)cc(C)c1C. The lowest BCUT2D eigenvalue weighted by atomic mass is 10.1. The van der Waals surface area contributed by atoms with Gasteiger partial charge in [-0.1, -0.05) is 30.3 Å². The van der Waals surface area contributed by atoms with Crippen LogP contribution >= 0.6 is 0 Å². The normalized spacial score (nSPS) is 12.4. The molecule has 0 unspecified atom stereocenters. The van der Waals surface area contributed by atoms with Gasteiger partial charge in [-0.25, -0.2) is 13.2 Å². The Morgan fingerprint density at radius 3 is 2.33 bits per heavy atom. The number of hydrogen-bond donors (Lipinski definition) is 2. The zero-order valence-electron chi connectivity index (χ0n) is 15.2. The van der Waals surface area contributed by atoms with E-state index in [0.717, 1.165) is 11.6 Å². The molecular weight excluding hydrogens is 370 g/mol. The number of carbonyl (C=O) groups is 2. The van der Waals surface area contributed by atoms with Gasteiger partial charge in [-0.05, 0) is 49.1 Å². The first-order valence-electron chi connectivity index (χ1n) is 8.14. The molecule has 0 aliphatic heterocycles. The number of carbonyl (C=O) groups excluding carboxylic acids is 1. The van der Waals surface area contributed by atoms with Gasteiger partial charge >= 0.3 is 11.9 Å². The second-order valence-electron chi connectivity index (χ2n) is 6.11. The predicted molar refractivity (Wildman–Crippen MR) is 99.1 cm³/mol. The molecule has 0 aliphatic carbocycles. The maximum Gasteiger partial charge on any atom is 0.335 e. The van der Waals surface area contributed by atoms with Crippen LogP contribution in [0.5, 0.6) is 0 Å². The Kier molecular flexibility index (Phi) is 6.35. The van der Waals surface area contributed by atoms with Crippen molar-refractivity contribution in [3.05, 3.63) is 64.7 Å². The van der Waals surface area contributed by atoms with E-state index in [-0.39, 0.29) is 16.9 Å². The highest BCUT2D eigenvalue weighted by Gasteiger charge is 2.29. The van der Waals surface area contributed by atoms with Crippen LogP contribution in [-0.2, 0) is 26.0 Å². The molecule has 0 spiro atoms. The number of carboxylic acid groups (broad SMARTS) is 1. The summed E-state index contributed by atoms with van der Waals surface area (Å²) in [4.78, 5) is 23.2. The Morgan fingerprint density at radius 2 is 1.78 bits per heavy atom. The summed E-state index contributed by atoms with van der Waals surface area (Å²) < 4.78 is 32.8. The molecule has 0 aliphatic rings. The molecule has 27 heavy (non-hydrogen) atoms. The van der Waals surface area contributed by atoms with Crippen LogP contribution in [0.1, 0.15) is 27.0 Å². The quantitative estimate of drug-likeness (QED) is 0.699. The van der Waals surface area contributed by atoms with Crippen LogP contribution in [-0.4, -0.2) is 38.6 Å². The van der Waals surface area contributed by atoms with E-state index in [2.05, 4.69) is 4.72 Å². The summed E-state index contributed by atoms with van der Waals surface area (Å²) in [5.41, 5.74) is 1.54. The predicted octanol–water partition coefficient (Wildman–Crippen LogP) is 2.06. The van der Waals surface area contributed by atoms with Gasteiger partial charge in [0, 0.05) is 0 Å². The molecule has 0 radical (unpaired) electrons. The zero-order chi connectivity index (χ0) is 20.2. The Labute approximate surface area is 158 Å². The molecule has 0 saturated carbocycles. The van der Waals surface area contributed by atoms with Crippen LogP contribution < -0.4 is 4.72 Å². The molecule has 0 amide bonds. The number of rotatable bonds is 7. The van der Waals surface area contributed by atoms with Gasteiger partial charge in [0.05, 0.1) is 17.6 Å². The number of benzene rings is 2. The fraction of sp³-hybridized carbons (Fsp3) is 0.263. The van der Waals surface area contributed by atoms with E-state index in [1.165, 1.54) is 13.2 Å². The summed E-state index contributed by atoms with van der Waals surface area (Å²) in [6.07, 6.45) is 0.101. The third-order valence-electron chi connectivity index (χ3n) is 4.22. The van der Waals surface area contributed by atoms with Crippen LogP contribution in [0.2, 0.25) is 0 Å². The zero-order valence-corrected chi connectivity index (χ0v) is 16.0. The molecular formula is C19H21NO6S. The van der Waals surface area contributed by atoms with Crippen LogP contribution in [0.15, 0.2) is 47.4 Å². The van der Waals surface area contributed by atoms with Gasteiger partial charge < -0.3 is 9.84 Å². The number of carboxylic acids is 1. The summed E-state index contributed by atoms with van der Waals surface area (Å²) in [6.45, 7) is 3.21. The van der Waals surface area contributed by atoms with Crippen molar-refractivity contribution in [3.63, 3.8) is 0 Å². The smallest absolute Gasteiger partial charge is 0.335 e. The topological polar surface area (TPSA) is 110 Å². The molecule has 0 bridgehead atoms. The van der Waals surface area contributed by atoms with Crippen molar-refractivity contribution in [2.45, 2.75) is 31.2 Å². The summed E-state index contributed by atoms with van der Waals surface area (Å²) in [5.74, 6) is -1.96. The lowest BCUT2D eigenvalue weighted by molar-refractivity contribution is -0.142. The average Bonchev–Trinajstić information content (AvgIpc) is 2.62. The van der Waals surface area contributed by atoms with Crippen molar-refractivity contribution < 1.29 is 27.9 Å². The maximum absolute atomic E-state index is 12.9. The van der Waals surface area contributed by atoms with E-state index in [1.807, 2.05) is 6.07 Å². The number of aryl methyl sites for hydroxylation is 1. The van der Waals surface area contributed by atoms with E-state index in [9.17, 15) is 23.1 Å². The summed E-state index contributed by atoms with van der Waals surface area (Å²) >= 11 is 0. The molecule has 0 heterocycles. The van der Waals surface area contributed by atoms with Crippen LogP contribution in [0.4, 0.5) is 0 Å². The monoisotopic (exact) mass is 391 g/mol. The lowest BCUT2D eigenvalue weighted by Crippen LogP contribution is -2.43. The van der Waals surface area contributed by atoms with E-state index in [0.29, 0.717) is 11.1 Å². The van der Waals surface area contributed by atoms with Gasteiger partial charge in [0.2, 0.25) is 10.0 Å². The van der Waals surface area contributed by atoms with Crippen molar-refractivity contribution in [2.24, 2.45) is 0 Å². The minimum absolute atomic E-state index is 0.101. The Hall–Kier alpha value is -2.71. The van der Waals surface area contributed by atoms with E-state index in [1.54, 1.807) is 38.1 Å². The second kappa shape index (κ2) is 8.32. The van der Waals surface area contributed by atoms with Crippen molar-refractivity contribution in [2.75, 3.05) is 7.11 Å². The highest BCUT2D eigenvalue weighted by molar-refractivity contribution is 7.89. The van der Waals surface area contributed by atoms with Gasteiger partial charge in [0.25, 0.3) is 0 Å². The fourth-order valence-corrected chi connectivity index (χ4v) is 4.17. The van der Waals surface area contributed by atoms with E-state index >= 15 is 0 Å². The third-order valence-corrected chi connectivity index (χ3v) is 5.82. The van der Waals surface area contributed by atoms with Crippen molar-refractivity contribution in [1.29, 1.82) is 0 Å². The summed E-state index contributed by atoms with van der Waals surface area (Å²) in [5, 5.41) is 9.20. The number of ether oxygens (including phenoxy) is 1.